The summed E-state index contributed by atoms with van der Waals surface area (Å²) in [5.74, 6) is 0. The molecule has 0 fully saturated rings. The van der Waals surface area contributed by atoms with Gasteiger partial charge in [0.1, 0.15) is 5.69 Å². The van der Waals surface area contributed by atoms with Crippen molar-refractivity contribution in [3.8, 4) is 11.3 Å². The Balaban J connectivity index is 1.98. The number of halogens is 2. The lowest BCUT2D eigenvalue weighted by molar-refractivity contribution is 0.145. The maximum absolute atomic E-state index is 13.8. The lowest BCUT2D eigenvalue weighted by atomic mass is 10.1. The fourth-order valence-corrected chi connectivity index (χ4v) is 5.23. The molecule has 0 unspecified atom stereocenters. The number of benzene rings is 1. The molecule has 31 heavy (non-hydrogen) atoms. The van der Waals surface area contributed by atoms with E-state index in [4.69, 9.17) is 0 Å². The van der Waals surface area contributed by atoms with Gasteiger partial charge in [0.15, 0.2) is 15.5 Å². The SMILES string of the molecule is CS(=O)(=O)c1ccc(-c2ccnc3c2cc(C(F)F)n3S(=O)(=O)c2ccccc2)nc1. The molecule has 0 saturated carbocycles. The Hall–Kier alpha value is -3.18. The van der Waals surface area contributed by atoms with Crippen LogP contribution < -0.4 is 0 Å². The molecule has 0 atom stereocenters. The summed E-state index contributed by atoms with van der Waals surface area (Å²) >= 11 is 0. The second-order valence-corrected chi connectivity index (χ2v) is 10.5. The van der Waals surface area contributed by atoms with Crippen molar-refractivity contribution in [1.29, 1.82) is 0 Å². The summed E-state index contributed by atoms with van der Waals surface area (Å²) in [6.45, 7) is 0. The minimum Gasteiger partial charge on any atom is -0.255 e. The van der Waals surface area contributed by atoms with Crippen molar-refractivity contribution in [1.82, 2.24) is 13.9 Å². The molecule has 0 aliphatic rings. The van der Waals surface area contributed by atoms with Crippen LogP contribution in [0.3, 0.4) is 0 Å². The van der Waals surface area contributed by atoms with Crippen LogP contribution in [0.15, 0.2) is 76.8 Å². The molecule has 11 heteroatoms. The monoisotopic (exact) mass is 463 g/mol. The smallest absolute Gasteiger partial charge is 0.255 e. The zero-order chi connectivity index (χ0) is 22.4. The topological polar surface area (TPSA) is 99.0 Å². The molecule has 0 aliphatic heterocycles. The molecule has 4 rings (SSSR count). The first kappa shape index (κ1) is 21.1. The van der Waals surface area contributed by atoms with E-state index in [1.807, 2.05) is 0 Å². The van der Waals surface area contributed by atoms with Gasteiger partial charge in [-0.05, 0) is 36.4 Å². The zero-order valence-electron chi connectivity index (χ0n) is 16.0. The van der Waals surface area contributed by atoms with Crippen LogP contribution in [-0.2, 0) is 19.9 Å². The van der Waals surface area contributed by atoms with Gasteiger partial charge >= 0.3 is 0 Å². The molecule has 0 N–H and O–H groups in total. The minimum absolute atomic E-state index is 0.000884. The largest absolute Gasteiger partial charge is 0.279 e. The van der Waals surface area contributed by atoms with Crippen LogP contribution in [0, 0.1) is 0 Å². The summed E-state index contributed by atoms with van der Waals surface area (Å²) in [4.78, 5) is 8.01. The number of aromatic nitrogens is 3. The van der Waals surface area contributed by atoms with E-state index >= 15 is 0 Å². The van der Waals surface area contributed by atoms with Crippen LogP contribution in [0.5, 0.6) is 0 Å². The number of sulfone groups is 1. The zero-order valence-corrected chi connectivity index (χ0v) is 17.6. The maximum atomic E-state index is 13.8. The van der Waals surface area contributed by atoms with Gasteiger partial charge in [-0.2, -0.15) is 0 Å². The van der Waals surface area contributed by atoms with E-state index < -0.39 is 32.0 Å². The molecule has 0 aliphatic carbocycles. The Bertz CT molecular complexity index is 1480. The van der Waals surface area contributed by atoms with Gasteiger partial charge in [0.25, 0.3) is 16.4 Å². The van der Waals surface area contributed by atoms with E-state index in [1.165, 1.54) is 48.7 Å². The van der Waals surface area contributed by atoms with Crippen LogP contribution in [0.2, 0.25) is 0 Å². The van der Waals surface area contributed by atoms with Gasteiger partial charge in [-0.25, -0.2) is 34.6 Å². The standard InChI is InChI=1S/C20H15F2N3O4S2/c1-30(26,27)14-7-8-17(24-12-14)15-9-10-23-20-16(15)11-18(19(21)22)25(20)31(28,29)13-5-3-2-4-6-13/h2-12,19H,1H3. The summed E-state index contributed by atoms with van der Waals surface area (Å²) in [6.07, 6.45) is 0.400. The van der Waals surface area contributed by atoms with Crippen molar-refractivity contribution >= 4 is 30.9 Å². The predicted octanol–water partition coefficient (Wildman–Crippen LogP) is 3.68. The van der Waals surface area contributed by atoms with Crippen molar-refractivity contribution in [2.75, 3.05) is 6.26 Å². The van der Waals surface area contributed by atoms with Crippen LogP contribution >= 0.6 is 0 Å². The number of hydrogen-bond acceptors (Lipinski definition) is 6. The molecular formula is C20H15F2N3O4S2. The maximum Gasteiger partial charge on any atom is 0.279 e. The Kier molecular flexibility index (Phi) is 5.10. The molecule has 3 heterocycles. The highest BCUT2D eigenvalue weighted by molar-refractivity contribution is 7.90. The van der Waals surface area contributed by atoms with E-state index in [0.717, 1.165) is 18.5 Å². The minimum atomic E-state index is -4.35. The number of hydrogen-bond donors (Lipinski definition) is 0. The highest BCUT2D eigenvalue weighted by atomic mass is 32.2. The third kappa shape index (κ3) is 3.70. The van der Waals surface area contributed by atoms with Gasteiger partial charge in [-0.3, -0.25) is 4.98 Å². The van der Waals surface area contributed by atoms with Gasteiger partial charge in [0.2, 0.25) is 0 Å². The first-order chi connectivity index (χ1) is 14.6. The van der Waals surface area contributed by atoms with Gasteiger partial charge < -0.3 is 0 Å². The second kappa shape index (κ2) is 7.50. The van der Waals surface area contributed by atoms with Crippen molar-refractivity contribution in [3.63, 3.8) is 0 Å². The third-order valence-corrected chi connectivity index (χ3v) is 7.46. The van der Waals surface area contributed by atoms with Crippen LogP contribution in [0.25, 0.3) is 22.3 Å². The molecule has 0 saturated heterocycles. The number of nitrogens with zero attached hydrogens (tertiary/aromatic N) is 3. The summed E-state index contributed by atoms with van der Waals surface area (Å²) in [5, 5.41) is 0.150. The highest BCUT2D eigenvalue weighted by Gasteiger charge is 2.29. The summed E-state index contributed by atoms with van der Waals surface area (Å²) in [6, 6.07) is 12.6. The average Bonchev–Trinajstić information content (AvgIpc) is 3.15. The molecular weight excluding hydrogens is 448 g/mol. The van der Waals surface area contributed by atoms with Gasteiger partial charge in [0, 0.05) is 29.6 Å². The number of fused-ring (bicyclic) bond motifs is 1. The third-order valence-electron chi connectivity index (χ3n) is 4.63. The molecule has 7 nitrogen and oxygen atoms in total. The van der Waals surface area contributed by atoms with E-state index in [9.17, 15) is 25.6 Å². The Morgan fingerprint density at radius 2 is 1.61 bits per heavy atom. The highest BCUT2D eigenvalue weighted by Crippen LogP contribution is 2.35. The van der Waals surface area contributed by atoms with Crippen molar-refractivity contribution in [2.24, 2.45) is 0 Å². The van der Waals surface area contributed by atoms with Crippen molar-refractivity contribution < 1.29 is 25.6 Å². The molecule has 160 valence electrons. The fourth-order valence-electron chi connectivity index (χ4n) is 3.18. The van der Waals surface area contributed by atoms with E-state index in [1.54, 1.807) is 6.07 Å². The summed E-state index contributed by atoms with van der Waals surface area (Å²) < 4.78 is 77.8. The predicted molar refractivity (Wildman–Crippen MR) is 110 cm³/mol. The molecule has 0 spiro atoms. The number of pyridine rings is 2. The summed E-state index contributed by atoms with van der Waals surface area (Å²) in [7, 11) is -7.81. The van der Waals surface area contributed by atoms with Crippen LogP contribution in [-0.4, -0.2) is 37.0 Å². The lowest BCUT2D eigenvalue weighted by Crippen LogP contribution is -2.16. The van der Waals surface area contributed by atoms with Gasteiger partial charge in [-0.15, -0.1) is 0 Å². The molecule has 1 aromatic carbocycles. The Labute approximate surface area is 177 Å². The second-order valence-electron chi connectivity index (χ2n) is 6.70. The first-order valence-electron chi connectivity index (χ1n) is 8.86. The summed E-state index contributed by atoms with van der Waals surface area (Å²) in [5.41, 5.74) is -0.277. The molecule has 4 aromatic rings. The number of alkyl halides is 2. The lowest BCUT2D eigenvalue weighted by Gasteiger charge is -2.11. The van der Waals surface area contributed by atoms with Crippen LogP contribution in [0.4, 0.5) is 8.78 Å². The molecule has 0 amide bonds. The molecule has 0 bridgehead atoms. The average molecular weight is 463 g/mol. The van der Waals surface area contributed by atoms with Gasteiger partial charge in [-0.1, -0.05) is 18.2 Å². The van der Waals surface area contributed by atoms with E-state index in [2.05, 4.69) is 9.97 Å². The van der Waals surface area contributed by atoms with Gasteiger partial charge in [0.05, 0.1) is 15.5 Å². The number of rotatable bonds is 5. The van der Waals surface area contributed by atoms with E-state index in [-0.39, 0.29) is 26.5 Å². The van der Waals surface area contributed by atoms with Crippen molar-refractivity contribution in [2.45, 2.75) is 16.2 Å². The molecule has 0 radical (unpaired) electrons. The fraction of sp³-hybridized carbons (Fsp3) is 0.100. The first-order valence-corrected chi connectivity index (χ1v) is 12.2. The van der Waals surface area contributed by atoms with Crippen molar-refractivity contribution in [3.05, 3.63) is 72.7 Å². The van der Waals surface area contributed by atoms with Crippen LogP contribution in [0.1, 0.15) is 12.1 Å². The Morgan fingerprint density at radius 3 is 2.19 bits per heavy atom. The van der Waals surface area contributed by atoms with E-state index in [0.29, 0.717) is 9.54 Å². The quantitative estimate of drug-likeness (QED) is 0.448. The molecule has 3 aromatic heterocycles. The normalized spacial score (nSPS) is 12.5. The Morgan fingerprint density at radius 1 is 0.903 bits per heavy atom.